The first-order valence-corrected chi connectivity index (χ1v) is 7.31. The number of ketones is 1. The van der Waals surface area contributed by atoms with Crippen molar-refractivity contribution in [3.63, 3.8) is 0 Å². The van der Waals surface area contributed by atoms with Crippen LogP contribution in [0.2, 0.25) is 0 Å². The maximum absolute atomic E-state index is 12.2. The van der Waals surface area contributed by atoms with Gasteiger partial charge in [0.25, 0.3) is 0 Å². The van der Waals surface area contributed by atoms with E-state index in [2.05, 4.69) is 5.32 Å². The van der Waals surface area contributed by atoms with Crippen molar-refractivity contribution in [1.29, 1.82) is 0 Å². The minimum Gasteiger partial charge on any atom is -0.506 e. The van der Waals surface area contributed by atoms with Crippen LogP contribution in [-0.2, 0) is 9.59 Å². The van der Waals surface area contributed by atoms with E-state index in [0.717, 1.165) is 12.1 Å². The SMILES string of the molecule is CC(=O)[C@H]1CC[C@H](C(=O)Nc2cc(O)c([N+](=O)[O-])cc2O)CC1. The number of rotatable bonds is 4. The predicted octanol–water partition coefficient (Wildman–Crippen LogP) is 2.34. The Morgan fingerprint density at radius 3 is 2.22 bits per heavy atom. The Labute approximate surface area is 132 Å². The van der Waals surface area contributed by atoms with Gasteiger partial charge in [0.1, 0.15) is 11.5 Å². The number of phenolic OH excluding ortho intramolecular Hbond substituents is 2. The van der Waals surface area contributed by atoms with Crippen molar-refractivity contribution in [2.45, 2.75) is 32.6 Å². The number of phenols is 2. The summed E-state index contributed by atoms with van der Waals surface area (Å²) < 4.78 is 0. The van der Waals surface area contributed by atoms with E-state index >= 15 is 0 Å². The predicted molar refractivity (Wildman–Crippen MR) is 81.2 cm³/mol. The molecule has 2 rings (SSSR count). The molecule has 0 spiro atoms. The maximum atomic E-state index is 12.2. The minimum atomic E-state index is -0.830. The van der Waals surface area contributed by atoms with Gasteiger partial charge in [-0.25, -0.2) is 0 Å². The average molecular weight is 322 g/mol. The maximum Gasteiger partial charge on any atom is 0.314 e. The molecule has 124 valence electrons. The number of nitrogens with one attached hydrogen (secondary N) is 1. The van der Waals surface area contributed by atoms with Crippen molar-refractivity contribution in [1.82, 2.24) is 0 Å². The second-order valence-corrected chi connectivity index (χ2v) is 5.76. The average Bonchev–Trinajstić information content (AvgIpc) is 2.50. The molecular weight excluding hydrogens is 304 g/mol. The van der Waals surface area contributed by atoms with Crippen LogP contribution in [0.3, 0.4) is 0 Å². The third kappa shape index (κ3) is 3.77. The molecule has 0 bridgehead atoms. The number of hydrogen-bond acceptors (Lipinski definition) is 6. The summed E-state index contributed by atoms with van der Waals surface area (Å²) in [6, 6.07) is 1.74. The van der Waals surface area contributed by atoms with Crippen LogP contribution in [0.15, 0.2) is 12.1 Å². The van der Waals surface area contributed by atoms with E-state index in [4.69, 9.17) is 0 Å². The van der Waals surface area contributed by atoms with Crippen LogP contribution in [0, 0.1) is 22.0 Å². The van der Waals surface area contributed by atoms with Crippen LogP contribution >= 0.6 is 0 Å². The Hall–Kier alpha value is -2.64. The fourth-order valence-corrected chi connectivity index (χ4v) is 2.81. The van der Waals surface area contributed by atoms with E-state index in [1.165, 1.54) is 0 Å². The molecule has 1 fully saturated rings. The van der Waals surface area contributed by atoms with E-state index in [-0.39, 0.29) is 29.2 Å². The zero-order valence-electron chi connectivity index (χ0n) is 12.6. The van der Waals surface area contributed by atoms with Gasteiger partial charge in [0.15, 0.2) is 5.75 Å². The molecule has 1 aromatic rings. The third-order valence-corrected chi connectivity index (χ3v) is 4.22. The van der Waals surface area contributed by atoms with E-state index < -0.39 is 22.1 Å². The Morgan fingerprint density at radius 2 is 1.70 bits per heavy atom. The highest BCUT2D eigenvalue weighted by atomic mass is 16.6. The van der Waals surface area contributed by atoms with Gasteiger partial charge in [0.05, 0.1) is 16.7 Å². The lowest BCUT2D eigenvalue weighted by molar-refractivity contribution is -0.385. The summed E-state index contributed by atoms with van der Waals surface area (Å²) in [6.45, 7) is 1.54. The van der Waals surface area contributed by atoms with E-state index in [1.807, 2.05) is 0 Å². The highest BCUT2D eigenvalue weighted by Gasteiger charge is 2.29. The summed E-state index contributed by atoms with van der Waals surface area (Å²) in [5.41, 5.74) is -0.714. The van der Waals surface area contributed by atoms with Gasteiger partial charge in [-0.3, -0.25) is 19.7 Å². The molecule has 1 amide bonds. The zero-order chi connectivity index (χ0) is 17.1. The van der Waals surface area contributed by atoms with Crippen LogP contribution in [-0.4, -0.2) is 26.8 Å². The Morgan fingerprint density at radius 1 is 1.13 bits per heavy atom. The minimum absolute atomic E-state index is 0.00382. The number of aromatic hydroxyl groups is 2. The number of benzene rings is 1. The monoisotopic (exact) mass is 322 g/mol. The molecule has 0 heterocycles. The fraction of sp³-hybridized carbons (Fsp3) is 0.467. The summed E-state index contributed by atoms with van der Waals surface area (Å²) in [5, 5.41) is 32.5. The second-order valence-electron chi connectivity index (χ2n) is 5.76. The number of nitro benzene ring substituents is 1. The van der Waals surface area contributed by atoms with Gasteiger partial charge in [-0.05, 0) is 32.6 Å². The quantitative estimate of drug-likeness (QED) is 0.337. The van der Waals surface area contributed by atoms with Gasteiger partial charge in [0, 0.05) is 17.9 Å². The molecule has 8 heteroatoms. The number of nitro groups is 1. The lowest BCUT2D eigenvalue weighted by Crippen LogP contribution is -2.29. The van der Waals surface area contributed by atoms with E-state index in [0.29, 0.717) is 25.7 Å². The zero-order valence-corrected chi connectivity index (χ0v) is 12.6. The number of nitrogens with zero attached hydrogens (tertiary/aromatic N) is 1. The summed E-state index contributed by atoms with van der Waals surface area (Å²) in [4.78, 5) is 33.4. The molecule has 8 nitrogen and oxygen atoms in total. The van der Waals surface area contributed by atoms with E-state index in [9.17, 15) is 29.9 Å². The van der Waals surface area contributed by atoms with Crippen molar-refractivity contribution in [3.8, 4) is 11.5 Å². The van der Waals surface area contributed by atoms with Crippen molar-refractivity contribution < 1.29 is 24.7 Å². The molecule has 1 aromatic carbocycles. The standard InChI is InChI=1S/C15H18N2O6/c1-8(18)9-2-4-10(5-3-9)15(21)16-11-6-14(20)12(17(22)23)7-13(11)19/h6-7,9-10,19-20H,2-5H2,1H3,(H,16,21)/t9-,10-. The van der Waals surface area contributed by atoms with Crippen LogP contribution in [0.5, 0.6) is 11.5 Å². The first kappa shape index (κ1) is 16.7. The Bertz CT molecular complexity index is 650. The molecule has 1 aliphatic carbocycles. The second kappa shape index (κ2) is 6.64. The number of anilines is 1. The largest absolute Gasteiger partial charge is 0.506 e. The number of carbonyl (C=O) groups is 2. The van der Waals surface area contributed by atoms with Crippen molar-refractivity contribution >= 4 is 23.1 Å². The number of hydrogen-bond donors (Lipinski definition) is 3. The van der Waals surface area contributed by atoms with Crippen molar-refractivity contribution in [2.75, 3.05) is 5.32 Å². The summed E-state index contributed by atoms with van der Waals surface area (Å²) >= 11 is 0. The van der Waals surface area contributed by atoms with Gasteiger partial charge >= 0.3 is 5.69 Å². The lowest BCUT2D eigenvalue weighted by atomic mass is 9.80. The molecule has 0 saturated heterocycles. The Kier molecular flexibility index (Phi) is 4.83. The molecule has 1 saturated carbocycles. The van der Waals surface area contributed by atoms with Crippen molar-refractivity contribution in [3.05, 3.63) is 22.2 Å². The highest BCUT2D eigenvalue weighted by Crippen LogP contribution is 2.37. The smallest absolute Gasteiger partial charge is 0.314 e. The van der Waals surface area contributed by atoms with Gasteiger partial charge in [-0.15, -0.1) is 0 Å². The highest BCUT2D eigenvalue weighted by molar-refractivity contribution is 5.94. The molecule has 23 heavy (non-hydrogen) atoms. The first-order valence-electron chi connectivity index (χ1n) is 7.31. The van der Waals surface area contributed by atoms with Gasteiger partial charge in [-0.1, -0.05) is 0 Å². The molecule has 0 radical (unpaired) electrons. The summed E-state index contributed by atoms with van der Waals surface area (Å²) in [7, 11) is 0. The Balaban J connectivity index is 2.05. The fourth-order valence-electron chi connectivity index (χ4n) is 2.81. The number of carbonyl (C=O) groups excluding carboxylic acids is 2. The summed E-state index contributed by atoms with van der Waals surface area (Å²) in [5.74, 6) is -1.63. The van der Waals surface area contributed by atoms with Gasteiger partial charge in [-0.2, -0.15) is 0 Å². The molecule has 1 aliphatic rings. The van der Waals surface area contributed by atoms with Gasteiger partial charge < -0.3 is 15.5 Å². The molecule has 0 atom stereocenters. The summed E-state index contributed by atoms with van der Waals surface area (Å²) in [6.07, 6.45) is 2.42. The third-order valence-electron chi connectivity index (χ3n) is 4.22. The van der Waals surface area contributed by atoms with Gasteiger partial charge in [0.2, 0.25) is 5.91 Å². The van der Waals surface area contributed by atoms with Crippen molar-refractivity contribution in [2.24, 2.45) is 11.8 Å². The number of amides is 1. The molecule has 0 aromatic heterocycles. The van der Waals surface area contributed by atoms with E-state index in [1.54, 1.807) is 6.92 Å². The first-order chi connectivity index (χ1) is 10.8. The van der Waals surface area contributed by atoms with Crippen LogP contribution in [0.25, 0.3) is 0 Å². The van der Waals surface area contributed by atoms with Crippen LogP contribution < -0.4 is 5.32 Å². The molecule has 0 unspecified atom stereocenters. The van der Waals surface area contributed by atoms with Crippen LogP contribution in [0.4, 0.5) is 11.4 Å². The topological polar surface area (TPSA) is 130 Å². The molecular formula is C15H18N2O6. The number of Topliss-reactive ketones (excluding diaryl/α,β-unsaturated/α-hetero) is 1. The molecule has 0 aliphatic heterocycles. The molecule has 3 N–H and O–H groups in total. The lowest BCUT2D eigenvalue weighted by Gasteiger charge is -2.26. The van der Waals surface area contributed by atoms with Crippen LogP contribution in [0.1, 0.15) is 32.6 Å². The normalized spacial score (nSPS) is 20.7.